The summed E-state index contributed by atoms with van der Waals surface area (Å²) in [6.45, 7) is 9.47. The number of ether oxygens (including phenoxy) is 1. The van der Waals surface area contributed by atoms with Crippen LogP contribution in [-0.4, -0.2) is 22.1 Å². The summed E-state index contributed by atoms with van der Waals surface area (Å²) in [5.74, 6) is 1.95. The van der Waals surface area contributed by atoms with Gasteiger partial charge in [-0.1, -0.05) is 62.4 Å². The van der Waals surface area contributed by atoms with Crippen LogP contribution in [0.1, 0.15) is 54.3 Å². The minimum absolute atomic E-state index is 0.0262. The highest BCUT2D eigenvalue weighted by molar-refractivity contribution is 5.78. The van der Waals surface area contributed by atoms with Crippen LogP contribution < -0.4 is 10.1 Å². The smallest absolute Gasteiger partial charge is 0.258 e. The summed E-state index contributed by atoms with van der Waals surface area (Å²) in [5, 5.41) is 2.97. The number of carbonyl (C=O) groups is 1. The summed E-state index contributed by atoms with van der Waals surface area (Å²) in [7, 11) is 0. The van der Waals surface area contributed by atoms with Crippen LogP contribution >= 0.6 is 0 Å². The molecule has 0 aliphatic rings. The van der Waals surface area contributed by atoms with Crippen molar-refractivity contribution in [2.45, 2.75) is 53.1 Å². The molecule has 1 atom stereocenters. The molecule has 1 heterocycles. The number of hydrogen-bond donors (Lipinski definition) is 1. The second-order valence-corrected chi connectivity index (χ2v) is 8.99. The van der Waals surface area contributed by atoms with Crippen molar-refractivity contribution in [3.05, 3.63) is 94.8 Å². The van der Waals surface area contributed by atoms with E-state index in [9.17, 15) is 4.79 Å². The molecule has 176 valence electrons. The molecule has 0 spiro atoms. The number of fused-ring (bicyclic) bond motifs is 1. The highest BCUT2D eigenvalue weighted by Crippen LogP contribution is 2.22. The largest absolute Gasteiger partial charge is 0.483 e. The maximum Gasteiger partial charge on any atom is 0.258 e. The van der Waals surface area contributed by atoms with Gasteiger partial charge in [-0.15, -0.1) is 0 Å². The average Bonchev–Trinajstić information content (AvgIpc) is 3.20. The zero-order valence-electron chi connectivity index (χ0n) is 20.5. The summed E-state index contributed by atoms with van der Waals surface area (Å²) in [6, 6.07) is 22.9. The van der Waals surface area contributed by atoms with E-state index >= 15 is 0 Å². The minimum Gasteiger partial charge on any atom is -0.483 e. The number of amides is 1. The number of nitrogens with one attached hydrogen (secondary N) is 1. The molecule has 0 radical (unpaired) electrons. The van der Waals surface area contributed by atoms with Crippen LogP contribution in [0.15, 0.2) is 66.7 Å². The molecule has 1 unspecified atom stereocenters. The number of nitrogens with zero attached hydrogens (tertiary/aromatic N) is 2. The van der Waals surface area contributed by atoms with Gasteiger partial charge in [-0.3, -0.25) is 4.79 Å². The number of imidazole rings is 1. The van der Waals surface area contributed by atoms with Crippen molar-refractivity contribution in [2.75, 3.05) is 6.61 Å². The lowest BCUT2D eigenvalue weighted by atomic mass is 9.98. The molecule has 0 saturated carbocycles. The molecule has 0 saturated heterocycles. The first-order valence-corrected chi connectivity index (χ1v) is 11.9. The number of hydrogen-bond acceptors (Lipinski definition) is 3. The number of rotatable bonds is 9. The number of aryl methyl sites for hydroxylation is 2. The fraction of sp³-hybridized carbons (Fsp3) is 0.310. The second-order valence-electron chi connectivity index (χ2n) is 8.99. The Bertz CT molecular complexity index is 1270. The summed E-state index contributed by atoms with van der Waals surface area (Å²) >= 11 is 0. The van der Waals surface area contributed by atoms with Crippen LogP contribution in [0.3, 0.4) is 0 Å². The fourth-order valence-corrected chi connectivity index (χ4v) is 4.04. The standard InChI is InChI=1S/C29H33N3O2/c1-5-21(3)24-14-12-23(13-15-24)18-32-26-9-7-6-8-25(26)31-28(32)17-30-29(33)19-34-27-16-20(2)10-11-22(27)4/h6-16,21H,5,17-19H2,1-4H3,(H,30,33). The Morgan fingerprint density at radius 3 is 2.59 bits per heavy atom. The van der Waals surface area contributed by atoms with Crippen molar-refractivity contribution in [3.8, 4) is 5.75 Å². The van der Waals surface area contributed by atoms with Crippen LogP contribution in [0.2, 0.25) is 0 Å². The van der Waals surface area contributed by atoms with Gasteiger partial charge in [0.2, 0.25) is 0 Å². The molecule has 34 heavy (non-hydrogen) atoms. The number of benzene rings is 3. The van der Waals surface area contributed by atoms with E-state index in [1.54, 1.807) is 0 Å². The Hall–Kier alpha value is -3.60. The second kappa shape index (κ2) is 10.6. The molecule has 1 amide bonds. The molecule has 3 aromatic carbocycles. The molecule has 0 fully saturated rings. The Balaban J connectivity index is 1.46. The highest BCUT2D eigenvalue weighted by Gasteiger charge is 2.13. The van der Waals surface area contributed by atoms with Crippen molar-refractivity contribution in [1.29, 1.82) is 0 Å². The quantitative estimate of drug-likeness (QED) is 0.341. The normalized spacial score (nSPS) is 12.0. The van der Waals surface area contributed by atoms with E-state index in [2.05, 4.69) is 54.1 Å². The van der Waals surface area contributed by atoms with E-state index in [0.717, 1.165) is 40.2 Å². The Morgan fingerprint density at radius 1 is 1.06 bits per heavy atom. The minimum atomic E-state index is -0.169. The molecular formula is C29H33N3O2. The molecule has 4 aromatic rings. The first-order chi connectivity index (χ1) is 16.4. The third kappa shape index (κ3) is 5.48. The Kier molecular flexibility index (Phi) is 7.31. The van der Waals surface area contributed by atoms with Gasteiger partial charge in [-0.05, 0) is 66.6 Å². The third-order valence-electron chi connectivity index (χ3n) is 6.38. The first-order valence-electron chi connectivity index (χ1n) is 11.9. The van der Waals surface area contributed by atoms with Crippen LogP contribution in [0.5, 0.6) is 5.75 Å². The van der Waals surface area contributed by atoms with Crippen molar-refractivity contribution in [3.63, 3.8) is 0 Å². The van der Waals surface area contributed by atoms with E-state index in [0.29, 0.717) is 19.0 Å². The molecule has 0 aliphatic carbocycles. The van der Waals surface area contributed by atoms with Crippen molar-refractivity contribution in [2.24, 2.45) is 0 Å². The van der Waals surface area contributed by atoms with Crippen LogP contribution in [-0.2, 0) is 17.9 Å². The van der Waals surface area contributed by atoms with Crippen molar-refractivity contribution >= 4 is 16.9 Å². The number of para-hydroxylation sites is 2. The van der Waals surface area contributed by atoms with Gasteiger partial charge in [-0.2, -0.15) is 0 Å². The lowest BCUT2D eigenvalue weighted by molar-refractivity contribution is -0.123. The molecule has 5 heteroatoms. The lowest BCUT2D eigenvalue weighted by Crippen LogP contribution is -2.29. The van der Waals surface area contributed by atoms with Gasteiger partial charge < -0.3 is 14.6 Å². The number of carbonyl (C=O) groups excluding carboxylic acids is 1. The zero-order chi connectivity index (χ0) is 24.1. The predicted molar refractivity (Wildman–Crippen MR) is 137 cm³/mol. The monoisotopic (exact) mass is 455 g/mol. The topological polar surface area (TPSA) is 56.2 Å². The van der Waals surface area contributed by atoms with Crippen LogP contribution in [0.25, 0.3) is 11.0 Å². The van der Waals surface area contributed by atoms with E-state index in [1.807, 2.05) is 50.2 Å². The zero-order valence-corrected chi connectivity index (χ0v) is 20.5. The maximum absolute atomic E-state index is 12.5. The average molecular weight is 456 g/mol. The molecular weight excluding hydrogens is 422 g/mol. The van der Waals surface area contributed by atoms with E-state index in [1.165, 1.54) is 11.1 Å². The van der Waals surface area contributed by atoms with Gasteiger partial charge in [0.1, 0.15) is 11.6 Å². The molecule has 1 aromatic heterocycles. The molecule has 5 nitrogen and oxygen atoms in total. The van der Waals surface area contributed by atoms with Gasteiger partial charge in [0.25, 0.3) is 5.91 Å². The summed E-state index contributed by atoms with van der Waals surface area (Å²) < 4.78 is 7.93. The predicted octanol–water partition coefficient (Wildman–Crippen LogP) is 5.91. The molecule has 0 aliphatic heterocycles. The van der Waals surface area contributed by atoms with Crippen LogP contribution in [0, 0.1) is 13.8 Å². The number of aromatic nitrogens is 2. The van der Waals surface area contributed by atoms with E-state index in [-0.39, 0.29) is 12.5 Å². The SMILES string of the molecule is CCC(C)c1ccc(Cn2c(CNC(=O)COc3cc(C)ccc3C)nc3ccccc32)cc1. The molecule has 1 N–H and O–H groups in total. The van der Waals surface area contributed by atoms with E-state index < -0.39 is 0 Å². The maximum atomic E-state index is 12.5. The molecule has 0 bridgehead atoms. The van der Waals surface area contributed by atoms with Crippen LogP contribution in [0.4, 0.5) is 0 Å². The summed E-state index contributed by atoms with van der Waals surface area (Å²) in [4.78, 5) is 17.3. The Labute approximate surface area is 201 Å². The summed E-state index contributed by atoms with van der Waals surface area (Å²) in [6.07, 6.45) is 1.13. The van der Waals surface area contributed by atoms with Gasteiger partial charge in [0.05, 0.1) is 17.6 Å². The Morgan fingerprint density at radius 2 is 1.82 bits per heavy atom. The third-order valence-corrected chi connectivity index (χ3v) is 6.38. The lowest BCUT2D eigenvalue weighted by Gasteiger charge is -2.13. The highest BCUT2D eigenvalue weighted by atomic mass is 16.5. The van der Waals surface area contributed by atoms with Gasteiger partial charge in [-0.25, -0.2) is 4.98 Å². The molecule has 4 rings (SSSR count). The van der Waals surface area contributed by atoms with Gasteiger partial charge >= 0.3 is 0 Å². The van der Waals surface area contributed by atoms with Crippen molar-refractivity contribution < 1.29 is 9.53 Å². The van der Waals surface area contributed by atoms with Crippen molar-refractivity contribution in [1.82, 2.24) is 14.9 Å². The summed E-state index contributed by atoms with van der Waals surface area (Å²) in [5.41, 5.74) is 6.67. The van der Waals surface area contributed by atoms with Gasteiger partial charge in [0, 0.05) is 6.54 Å². The fourth-order valence-electron chi connectivity index (χ4n) is 4.04. The first kappa shape index (κ1) is 23.6. The van der Waals surface area contributed by atoms with Gasteiger partial charge in [0.15, 0.2) is 6.61 Å². The van der Waals surface area contributed by atoms with E-state index in [4.69, 9.17) is 9.72 Å².